The van der Waals surface area contributed by atoms with Gasteiger partial charge in [0.2, 0.25) is 11.8 Å². The standard InChI is InChI=1S/C24H32N2O5SSi/c1-22(2,3)33(5,6)30-10-9-24-12-17(27)23(4,31-24)18-19(24)21(29)26(20(18)28)14-7-8-15-16(11-14)32-13-25-15/h7-8,11,13,17,27-29H,9-10,12H2,1-6H3/t17-,23?,24?/m1/s1. The molecule has 1 aromatic carbocycles. The Kier molecular flexibility index (Phi) is 4.88. The van der Waals surface area contributed by atoms with Gasteiger partial charge in [-0.2, -0.15) is 0 Å². The van der Waals surface area contributed by atoms with Gasteiger partial charge >= 0.3 is 0 Å². The van der Waals surface area contributed by atoms with Crippen LogP contribution in [0.25, 0.3) is 15.9 Å². The van der Waals surface area contributed by atoms with E-state index in [2.05, 4.69) is 38.8 Å². The first kappa shape index (κ1) is 22.9. The first-order valence-electron chi connectivity index (χ1n) is 11.3. The summed E-state index contributed by atoms with van der Waals surface area (Å²) in [5, 5.41) is 33.6. The van der Waals surface area contributed by atoms with E-state index in [1.807, 2.05) is 18.2 Å². The van der Waals surface area contributed by atoms with Gasteiger partial charge in [0.15, 0.2) is 8.32 Å². The fourth-order valence-electron chi connectivity index (χ4n) is 5.04. The highest BCUT2D eigenvalue weighted by atomic mass is 32.1. The summed E-state index contributed by atoms with van der Waals surface area (Å²) in [5.41, 5.74) is 2.31. The summed E-state index contributed by atoms with van der Waals surface area (Å²) in [6.07, 6.45) is 0.0507. The maximum atomic E-state index is 11.4. The van der Waals surface area contributed by atoms with Crippen LogP contribution in [-0.2, 0) is 20.4 Å². The van der Waals surface area contributed by atoms with Crippen LogP contribution in [0.15, 0.2) is 23.7 Å². The van der Waals surface area contributed by atoms with Crippen molar-refractivity contribution in [1.29, 1.82) is 0 Å². The molecule has 7 nitrogen and oxygen atoms in total. The first-order valence-corrected chi connectivity index (χ1v) is 15.1. The molecule has 0 aliphatic carbocycles. The minimum absolute atomic E-state index is 0.0469. The number of aromatic hydroxyl groups is 2. The van der Waals surface area contributed by atoms with Crippen LogP contribution in [0.5, 0.6) is 11.8 Å². The maximum Gasteiger partial charge on any atom is 0.205 e. The number of aliphatic hydroxyl groups is 1. The van der Waals surface area contributed by atoms with Crippen LogP contribution >= 0.6 is 11.3 Å². The lowest BCUT2D eigenvalue weighted by Crippen LogP contribution is -2.42. The molecule has 9 heteroatoms. The molecular formula is C24H32N2O5SSi. The zero-order valence-electron chi connectivity index (χ0n) is 20.0. The lowest BCUT2D eigenvalue weighted by atomic mass is 9.76. The van der Waals surface area contributed by atoms with Crippen LogP contribution < -0.4 is 0 Å². The minimum Gasteiger partial charge on any atom is -0.494 e. The monoisotopic (exact) mass is 488 g/mol. The fourth-order valence-corrected chi connectivity index (χ4v) is 6.79. The van der Waals surface area contributed by atoms with E-state index in [0.717, 1.165) is 10.2 Å². The number of hydrogen-bond donors (Lipinski definition) is 3. The molecule has 2 aromatic heterocycles. The number of aliphatic hydroxyl groups excluding tert-OH is 1. The molecule has 3 aromatic rings. The van der Waals surface area contributed by atoms with Gasteiger partial charge in [0.25, 0.3) is 0 Å². The SMILES string of the molecule is CC12OC(CCO[Si](C)(C)C(C)(C)C)(C[C@H]1O)c1c2c(O)n(-c2ccc3ncsc3c2)c1O. The number of ether oxygens (including phenoxy) is 1. The number of fused-ring (bicyclic) bond motifs is 6. The molecular weight excluding hydrogens is 456 g/mol. The number of rotatable bonds is 5. The molecule has 1 fully saturated rings. The van der Waals surface area contributed by atoms with Gasteiger partial charge in [0.05, 0.1) is 38.6 Å². The van der Waals surface area contributed by atoms with Gasteiger partial charge in [0.1, 0.15) is 11.2 Å². The van der Waals surface area contributed by atoms with E-state index in [9.17, 15) is 15.3 Å². The number of aromatic nitrogens is 2. The molecule has 2 unspecified atom stereocenters. The average molecular weight is 489 g/mol. The average Bonchev–Trinajstić information content (AvgIpc) is 3.40. The van der Waals surface area contributed by atoms with E-state index in [1.54, 1.807) is 12.4 Å². The molecule has 0 spiro atoms. The highest BCUT2D eigenvalue weighted by Gasteiger charge is 2.66. The van der Waals surface area contributed by atoms with Gasteiger partial charge in [-0.15, -0.1) is 11.3 Å². The second-order valence-corrected chi connectivity index (χ2v) is 16.7. The fraction of sp³-hybridized carbons (Fsp3) is 0.542. The van der Waals surface area contributed by atoms with Crippen LogP contribution in [0.1, 0.15) is 51.7 Å². The quantitative estimate of drug-likeness (QED) is 0.432. The Balaban J connectivity index is 1.56. The second-order valence-electron chi connectivity index (χ2n) is 11.0. The zero-order valence-corrected chi connectivity index (χ0v) is 21.8. The van der Waals surface area contributed by atoms with Crippen LogP contribution in [0.4, 0.5) is 0 Å². The van der Waals surface area contributed by atoms with Crippen molar-refractivity contribution in [3.8, 4) is 17.4 Å². The maximum absolute atomic E-state index is 11.4. The summed E-state index contributed by atoms with van der Waals surface area (Å²) < 4.78 is 15.2. The van der Waals surface area contributed by atoms with Gasteiger partial charge in [-0.25, -0.2) is 4.98 Å². The molecule has 4 heterocycles. The van der Waals surface area contributed by atoms with E-state index >= 15 is 0 Å². The van der Waals surface area contributed by atoms with Crippen molar-refractivity contribution in [2.45, 2.75) is 76.0 Å². The summed E-state index contributed by atoms with van der Waals surface area (Å²) >= 11 is 1.50. The highest BCUT2D eigenvalue weighted by Crippen LogP contribution is 2.65. The van der Waals surface area contributed by atoms with E-state index in [1.165, 1.54) is 15.9 Å². The number of hydrogen-bond acceptors (Lipinski definition) is 7. The Bertz CT molecular complexity index is 1250. The van der Waals surface area contributed by atoms with Crippen LogP contribution in [-0.4, -0.2) is 45.9 Å². The lowest BCUT2D eigenvalue weighted by molar-refractivity contribution is -0.107. The van der Waals surface area contributed by atoms with Crippen molar-refractivity contribution < 1.29 is 24.5 Å². The van der Waals surface area contributed by atoms with Gasteiger partial charge in [-0.3, -0.25) is 4.57 Å². The Labute approximate surface area is 198 Å². The normalized spacial score (nSPS) is 26.9. The molecule has 33 heavy (non-hydrogen) atoms. The molecule has 5 rings (SSSR count). The Morgan fingerprint density at radius 2 is 1.94 bits per heavy atom. The van der Waals surface area contributed by atoms with Crippen LogP contribution in [0.3, 0.4) is 0 Å². The summed E-state index contributed by atoms with van der Waals surface area (Å²) in [6.45, 7) is 13.2. The number of benzene rings is 1. The highest BCUT2D eigenvalue weighted by molar-refractivity contribution is 7.16. The molecule has 2 bridgehead atoms. The molecule has 0 saturated carbocycles. The summed E-state index contributed by atoms with van der Waals surface area (Å²) in [5.74, 6) is -0.144. The van der Waals surface area contributed by atoms with Crippen molar-refractivity contribution in [2.75, 3.05) is 6.61 Å². The minimum atomic E-state index is -1.97. The molecule has 2 aliphatic heterocycles. The van der Waals surface area contributed by atoms with Crippen molar-refractivity contribution in [3.63, 3.8) is 0 Å². The van der Waals surface area contributed by atoms with Gasteiger partial charge in [0, 0.05) is 19.4 Å². The van der Waals surface area contributed by atoms with E-state index in [0.29, 0.717) is 36.3 Å². The summed E-state index contributed by atoms with van der Waals surface area (Å²) in [6, 6.07) is 5.59. The Morgan fingerprint density at radius 1 is 1.24 bits per heavy atom. The first-order chi connectivity index (χ1) is 15.3. The molecule has 3 atom stereocenters. The Hall–Kier alpha value is -1.91. The van der Waals surface area contributed by atoms with Crippen molar-refractivity contribution in [1.82, 2.24) is 9.55 Å². The van der Waals surface area contributed by atoms with Crippen LogP contribution in [0.2, 0.25) is 18.1 Å². The van der Waals surface area contributed by atoms with E-state index < -0.39 is 25.6 Å². The lowest BCUT2D eigenvalue weighted by Gasteiger charge is -2.37. The second kappa shape index (κ2) is 7.05. The van der Waals surface area contributed by atoms with Crippen LogP contribution in [0, 0.1) is 0 Å². The molecule has 0 radical (unpaired) electrons. The van der Waals surface area contributed by atoms with E-state index in [-0.39, 0.29) is 16.8 Å². The third-order valence-electron chi connectivity index (χ3n) is 7.99. The van der Waals surface area contributed by atoms with Gasteiger partial charge in [-0.05, 0) is 43.3 Å². The number of thiazole rings is 1. The largest absolute Gasteiger partial charge is 0.494 e. The van der Waals surface area contributed by atoms with Gasteiger partial charge < -0.3 is 24.5 Å². The third kappa shape index (κ3) is 3.13. The van der Waals surface area contributed by atoms with Gasteiger partial charge in [-0.1, -0.05) is 20.8 Å². The predicted octanol–water partition coefficient (Wildman–Crippen LogP) is 5.12. The third-order valence-corrected chi connectivity index (χ3v) is 13.3. The number of nitrogens with zero attached hydrogens (tertiary/aromatic N) is 2. The zero-order chi connectivity index (χ0) is 24.0. The topological polar surface area (TPSA) is 97.0 Å². The summed E-state index contributed by atoms with van der Waals surface area (Å²) in [4.78, 5) is 4.31. The van der Waals surface area contributed by atoms with E-state index in [4.69, 9.17) is 9.16 Å². The molecule has 178 valence electrons. The summed E-state index contributed by atoms with van der Waals surface area (Å²) in [7, 11) is -1.97. The predicted molar refractivity (Wildman–Crippen MR) is 131 cm³/mol. The smallest absolute Gasteiger partial charge is 0.205 e. The molecule has 0 amide bonds. The molecule has 3 N–H and O–H groups in total. The van der Waals surface area contributed by atoms with Crippen molar-refractivity contribution in [2.24, 2.45) is 0 Å². The Morgan fingerprint density at radius 3 is 2.64 bits per heavy atom. The molecule has 2 aliphatic rings. The molecule has 1 saturated heterocycles. The van der Waals surface area contributed by atoms with Crippen molar-refractivity contribution >= 4 is 29.9 Å². The van der Waals surface area contributed by atoms with Crippen molar-refractivity contribution in [3.05, 3.63) is 34.8 Å².